The zero-order chi connectivity index (χ0) is 16.4. The van der Waals surface area contributed by atoms with Crippen LogP contribution in [0.15, 0.2) is 21.3 Å². The summed E-state index contributed by atoms with van der Waals surface area (Å²) in [5.74, 6) is 1.50. The molecule has 1 amide bonds. The first-order chi connectivity index (χ1) is 10.9. The Balaban J connectivity index is 1.58. The number of rotatable bonds is 2. The van der Waals surface area contributed by atoms with E-state index in [1.54, 1.807) is 16.2 Å². The van der Waals surface area contributed by atoms with E-state index in [9.17, 15) is 4.79 Å². The quantitative estimate of drug-likeness (QED) is 0.832. The maximum atomic E-state index is 12.1. The van der Waals surface area contributed by atoms with Crippen LogP contribution in [0.2, 0.25) is 0 Å². The van der Waals surface area contributed by atoms with Gasteiger partial charge in [0.1, 0.15) is 5.60 Å². The molecule has 1 aliphatic rings. The van der Waals surface area contributed by atoms with Crippen LogP contribution in [0.1, 0.15) is 45.4 Å². The average molecular weight is 335 g/mol. The highest BCUT2D eigenvalue weighted by Gasteiger charge is 2.30. The van der Waals surface area contributed by atoms with Crippen molar-refractivity contribution in [2.45, 2.75) is 45.1 Å². The highest BCUT2D eigenvalue weighted by Crippen LogP contribution is 2.29. The summed E-state index contributed by atoms with van der Waals surface area (Å²) in [5, 5.41) is 8.04. The first kappa shape index (κ1) is 16.0. The standard InChI is InChI=1S/C16H21N3O3S/c1-16(2,3)21-15(20)19-7-4-11(5-8-19)14-17-13(18-22-14)12-6-9-23-10-12/h6,9-11H,4-5,7-8H2,1-3H3. The van der Waals surface area contributed by atoms with Crippen molar-refractivity contribution in [1.29, 1.82) is 0 Å². The number of ether oxygens (including phenoxy) is 1. The van der Waals surface area contributed by atoms with Gasteiger partial charge in [0.15, 0.2) is 0 Å². The van der Waals surface area contributed by atoms with Gasteiger partial charge in [-0.15, -0.1) is 0 Å². The molecule has 3 heterocycles. The van der Waals surface area contributed by atoms with Crippen LogP contribution in [0.5, 0.6) is 0 Å². The van der Waals surface area contributed by atoms with Gasteiger partial charge in [0, 0.05) is 30.0 Å². The van der Waals surface area contributed by atoms with Gasteiger partial charge in [-0.3, -0.25) is 0 Å². The summed E-state index contributed by atoms with van der Waals surface area (Å²) in [5.41, 5.74) is 0.520. The van der Waals surface area contributed by atoms with Gasteiger partial charge in [0.05, 0.1) is 0 Å². The lowest BCUT2D eigenvalue weighted by molar-refractivity contribution is 0.0198. The third kappa shape index (κ3) is 3.90. The number of aromatic nitrogens is 2. The smallest absolute Gasteiger partial charge is 0.410 e. The number of amides is 1. The lowest BCUT2D eigenvalue weighted by Gasteiger charge is -2.32. The fourth-order valence-corrected chi connectivity index (χ4v) is 3.18. The molecule has 0 spiro atoms. The zero-order valence-corrected chi connectivity index (χ0v) is 14.4. The molecule has 1 fully saturated rings. The van der Waals surface area contributed by atoms with E-state index in [2.05, 4.69) is 10.1 Å². The SMILES string of the molecule is CC(C)(C)OC(=O)N1CCC(c2nc(-c3ccsc3)no2)CC1. The van der Waals surface area contributed by atoms with Gasteiger partial charge in [-0.25, -0.2) is 4.79 Å². The summed E-state index contributed by atoms with van der Waals surface area (Å²) in [7, 11) is 0. The van der Waals surface area contributed by atoms with E-state index >= 15 is 0 Å². The summed E-state index contributed by atoms with van der Waals surface area (Å²) in [6.07, 6.45) is 1.37. The maximum Gasteiger partial charge on any atom is 0.410 e. The normalized spacial score (nSPS) is 16.6. The Morgan fingerprint density at radius 1 is 1.39 bits per heavy atom. The molecule has 0 aromatic carbocycles. The molecule has 0 radical (unpaired) electrons. The van der Waals surface area contributed by atoms with Gasteiger partial charge < -0.3 is 14.2 Å². The van der Waals surface area contributed by atoms with E-state index in [0.29, 0.717) is 24.8 Å². The van der Waals surface area contributed by atoms with Crippen molar-refractivity contribution in [3.05, 3.63) is 22.7 Å². The van der Waals surface area contributed by atoms with Gasteiger partial charge in [-0.2, -0.15) is 16.3 Å². The number of carbonyl (C=O) groups is 1. The monoisotopic (exact) mass is 335 g/mol. The number of likely N-dealkylation sites (tertiary alicyclic amines) is 1. The number of hydrogen-bond acceptors (Lipinski definition) is 6. The number of hydrogen-bond donors (Lipinski definition) is 0. The van der Waals surface area contributed by atoms with Crippen molar-refractivity contribution in [2.24, 2.45) is 0 Å². The highest BCUT2D eigenvalue weighted by atomic mass is 32.1. The topological polar surface area (TPSA) is 68.5 Å². The predicted molar refractivity (Wildman–Crippen MR) is 87.4 cm³/mol. The molecule has 0 N–H and O–H groups in total. The molecular weight excluding hydrogens is 314 g/mol. The molecule has 3 rings (SSSR count). The van der Waals surface area contributed by atoms with Crippen LogP contribution >= 0.6 is 11.3 Å². The second-order valence-corrected chi connectivity index (χ2v) is 7.49. The Morgan fingerprint density at radius 3 is 2.74 bits per heavy atom. The molecule has 1 saturated heterocycles. The van der Waals surface area contributed by atoms with E-state index in [1.165, 1.54) is 0 Å². The lowest BCUT2D eigenvalue weighted by Crippen LogP contribution is -2.41. The Kier molecular flexibility index (Phi) is 4.39. The molecule has 1 aliphatic heterocycles. The molecule has 0 aliphatic carbocycles. The number of nitrogens with zero attached hydrogens (tertiary/aromatic N) is 3. The molecule has 0 saturated carbocycles. The van der Waals surface area contributed by atoms with Crippen molar-refractivity contribution in [2.75, 3.05) is 13.1 Å². The molecule has 0 unspecified atom stereocenters. The highest BCUT2D eigenvalue weighted by molar-refractivity contribution is 7.08. The minimum absolute atomic E-state index is 0.202. The number of thiophene rings is 1. The van der Waals surface area contributed by atoms with Crippen LogP contribution in [-0.2, 0) is 4.74 Å². The summed E-state index contributed by atoms with van der Waals surface area (Å²) in [6, 6.07) is 1.98. The molecule has 2 aromatic heterocycles. The van der Waals surface area contributed by atoms with Crippen LogP contribution in [0.4, 0.5) is 4.79 Å². The van der Waals surface area contributed by atoms with E-state index < -0.39 is 5.60 Å². The van der Waals surface area contributed by atoms with Gasteiger partial charge in [-0.05, 0) is 45.1 Å². The molecule has 6 nitrogen and oxygen atoms in total. The molecule has 0 bridgehead atoms. The van der Waals surface area contributed by atoms with E-state index in [4.69, 9.17) is 9.26 Å². The third-order valence-electron chi connectivity index (χ3n) is 3.72. The number of carbonyl (C=O) groups excluding carboxylic acids is 1. The van der Waals surface area contributed by atoms with Gasteiger partial charge in [-0.1, -0.05) is 5.16 Å². The Hall–Kier alpha value is -1.89. The fourth-order valence-electron chi connectivity index (χ4n) is 2.55. The summed E-state index contributed by atoms with van der Waals surface area (Å²) >= 11 is 1.61. The molecular formula is C16H21N3O3S. The molecule has 2 aromatic rings. The van der Waals surface area contributed by atoms with Crippen LogP contribution in [0, 0.1) is 0 Å². The Labute approximate surface area is 139 Å². The van der Waals surface area contributed by atoms with Crippen molar-refractivity contribution in [3.8, 4) is 11.4 Å². The average Bonchev–Trinajstić information content (AvgIpc) is 3.17. The van der Waals surface area contributed by atoms with Crippen molar-refractivity contribution >= 4 is 17.4 Å². The lowest BCUT2D eigenvalue weighted by atomic mass is 9.97. The van der Waals surface area contributed by atoms with E-state index in [0.717, 1.165) is 18.4 Å². The molecule has 7 heteroatoms. The van der Waals surface area contributed by atoms with Crippen molar-refractivity contribution in [1.82, 2.24) is 15.0 Å². The van der Waals surface area contributed by atoms with Crippen molar-refractivity contribution < 1.29 is 14.1 Å². The van der Waals surface area contributed by atoms with E-state index in [1.807, 2.05) is 37.6 Å². The predicted octanol–water partition coefficient (Wildman–Crippen LogP) is 3.91. The molecule has 124 valence electrons. The minimum Gasteiger partial charge on any atom is -0.444 e. The van der Waals surface area contributed by atoms with Crippen LogP contribution in [-0.4, -0.2) is 39.8 Å². The van der Waals surface area contributed by atoms with Crippen LogP contribution < -0.4 is 0 Å². The Bertz CT molecular complexity index is 652. The largest absolute Gasteiger partial charge is 0.444 e. The summed E-state index contributed by atoms with van der Waals surface area (Å²) < 4.78 is 10.8. The fraction of sp³-hybridized carbons (Fsp3) is 0.562. The third-order valence-corrected chi connectivity index (χ3v) is 4.40. The van der Waals surface area contributed by atoms with Crippen molar-refractivity contribution in [3.63, 3.8) is 0 Å². The van der Waals surface area contributed by atoms with Gasteiger partial charge >= 0.3 is 6.09 Å². The molecule has 23 heavy (non-hydrogen) atoms. The van der Waals surface area contributed by atoms with Gasteiger partial charge in [0.2, 0.25) is 11.7 Å². The minimum atomic E-state index is -0.462. The summed E-state index contributed by atoms with van der Waals surface area (Å²) in [4.78, 5) is 18.3. The van der Waals surface area contributed by atoms with Crippen LogP contribution in [0.25, 0.3) is 11.4 Å². The van der Waals surface area contributed by atoms with Gasteiger partial charge in [0.25, 0.3) is 0 Å². The Morgan fingerprint density at radius 2 is 2.13 bits per heavy atom. The molecule has 0 atom stereocenters. The van der Waals surface area contributed by atoms with E-state index in [-0.39, 0.29) is 12.0 Å². The number of piperidine rings is 1. The maximum absolute atomic E-state index is 12.1. The summed E-state index contributed by atoms with van der Waals surface area (Å²) in [6.45, 7) is 6.93. The first-order valence-electron chi connectivity index (χ1n) is 7.76. The first-order valence-corrected chi connectivity index (χ1v) is 8.71. The van der Waals surface area contributed by atoms with Crippen LogP contribution in [0.3, 0.4) is 0 Å². The second-order valence-electron chi connectivity index (χ2n) is 6.71. The zero-order valence-electron chi connectivity index (χ0n) is 13.6. The second kappa shape index (κ2) is 6.31.